The van der Waals surface area contributed by atoms with Crippen molar-refractivity contribution in [3.63, 3.8) is 0 Å². The van der Waals surface area contributed by atoms with Crippen molar-refractivity contribution >= 4 is 37.8 Å². The fourth-order valence-corrected chi connectivity index (χ4v) is 2.53. The minimum atomic E-state index is -0.318. The number of phenolic OH excluding ortho intramolecular Hbond substituents is 1. The number of benzene rings is 1. The Labute approximate surface area is 118 Å². The summed E-state index contributed by atoms with van der Waals surface area (Å²) in [6, 6.07) is 6.86. The minimum absolute atomic E-state index is 0.104. The first-order valence-corrected chi connectivity index (χ1v) is 7.45. The van der Waals surface area contributed by atoms with E-state index in [4.69, 9.17) is 0 Å². The largest absolute Gasteiger partial charge is 0.508 e. The van der Waals surface area contributed by atoms with Crippen LogP contribution in [0.25, 0.3) is 0 Å². The van der Waals surface area contributed by atoms with Crippen LogP contribution in [0.4, 0.5) is 0 Å². The molecule has 1 aromatic rings. The molecule has 0 fully saturated rings. The first-order valence-electron chi connectivity index (χ1n) is 5.20. The van der Waals surface area contributed by atoms with Gasteiger partial charge in [0.2, 0.25) is 5.91 Å². The average Bonchev–Trinajstić information content (AvgIpc) is 2.32. The van der Waals surface area contributed by atoms with Gasteiger partial charge in [-0.3, -0.25) is 4.79 Å². The number of halogens is 2. The summed E-state index contributed by atoms with van der Waals surface area (Å²) < 4.78 is 0. The van der Waals surface area contributed by atoms with Crippen LogP contribution in [0.2, 0.25) is 0 Å². The third kappa shape index (κ3) is 4.32. The van der Waals surface area contributed by atoms with Crippen LogP contribution in [-0.4, -0.2) is 27.2 Å². The molecule has 0 aromatic heterocycles. The van der Waals surface area contributed by atoms with Crippen LogP contribution in [0.15, 0.2) is 24.3 Å². The van der Waals surface area contributed by atoms with Crippen molar-refractivity contribution in [3.8, 4) is 5.75 Å². The van der Waals surface area contributed by atoms with E-state index in [9.17, 15) is 9.90 Å². The van der Waals surface area contributed by atoms with Gasteiger partial charge in [-0.05, 0) is 13.0 Å². The lowest BCUT2D eigenvalue weighted by atomic mass is 10.1. The number of aromatic hydroxyl groups is 1. The van der Waals surface area contributed by atoms with Crippen LogP contribution < -0.4 is 5.32 Å². The number of carbonyl (C=O) groups is 1. The van der Waals surface area contributed by atoms with E-state index in [1.165, 1.54) is 0 Å². The smallest absolute Gasteiger partial charge is 0.225 e. The molecule has 3 nitrogen and oxygen atoms in total. The summed E-state index contributed by atoms with van der Waals surface area (Å²) in [5.41, 5.74) is 0.318. The van der Waals surface area contributed by atoms with E-state index >= 15 is 0 Å². The van der Waals surface area contributed by atoms with E-state index in [0.717, 1.165) is 0 Å². The SMILES string of the molecule is CC(CBr)(CBr)NC(=O)Cc1ccccc1O. The zero-order valence-corrected chi connectivity index (χ0v) is 12.7. The van der Waals surface area contributed by atoms with Gasteiger partial charge in [-0.25, -0.2) is 0 Å². The Balaban J connectivity index is 2.65. The molecule has 2 N–H and O–H groups in total. The Hall–Kier alpha value is -0.550. The quantitative estimate of drug-likeness (QED) is 0.789. The summed E-state index contributed by atoms with van der Waals surface area (Å²) in [7, 11) is 0. The number of nitrogens with one attached hydrogen (secondary N) is 1. The van der Waals surface area contributed by atoms with Gasteiger partial charge < -0.3 is 10.4 Å². The molecular weight excluding hydrogens is 350 g/mol. The minimum Gasteiger partial charge on any atom is -0.508 e. The zero-order valence-electron chi connectivity index (χ0n) is 9.54. The average molecular weight is 365 g/mol. The van der Waals surface area contributed by atoms with E-state index in [1.807, 2.05) is 6.92 Å². The van der Waals surface area contributed by atoms with E-state index in [1.54, 1.807) is 24.3 Å². The van der Waals surface area contributed by atoms with Gasteiger partial charge in [0, 0.05) is 16.2 Å². The van der Waals surface area contributed by atoms with Crippen LogP contribution >= 0.6 is 31.9 Å². The Morgan fingerprint density at radius 3 is 2.47 bits per heavy atom. The van der Waals surface area contributed by atoms with Gasteiger partial charge in [0.15, 0.2) is 0 Å². The third-order valence-corrected chi connectivity index (χ3v) is 4.85. The van der Waals surface area contributed by atoms with Crippen molar-refractivity contribution in [2.75, 3.05) is 10.7 Å². The summed E-state index contributed by atoms with van der Waals surface area (Å²) in [6.45, 7) is 1.94. The van der Waals surface area contributed by atoms with Crippen LogP contribution in [0, 0.1) is 0 Å². The summed E-state index contributed by atoms with van der Waals surface area (Å²) in [5.74, 6) is 0.0509. The van der Waals surface area contributed by atoms with Crippen molar-refractivity contribution < 1.29 is 9.90 Å². The number of phenols is 1. The highest BCUT2D eigenvalue weighted by atomic mass is 79.9. The van der Waals surface area contributed by atoms with E-state index in [2.05, 4.69) is 37.2 Å². The Morgan fingerprint density at radius 1 is 1.35 bits per heavy atom. The summed E-state index contributed by atoms with van der Waals surface area (Å²) in [5, 5.41) is 13.8. The summed E-state index contributed by atoms with van der Waals surface area (Å²) in [6.07, 6.45) is 0.183. The van der Waals surface area contributed by atoms with Crippen molar-refractivity contribution in [2.45, 2.75) is 18.9 Å². The van der Waals surface area contributed by atoms with Crippen LogP contribution in [-0.2, 0) is 11.2 Å². The summed E-state index contributed by atoms with van der Waals surface area (Å²) >= 11 is 6.73. The van der Waals surface area contributed by atoms with Crippen molar-refractivity contribution in [1.82, 2.24) is 5.32 Å². The van der Waals surface area contributed by atoms with E-state index in [-0.39, 0.29) is 23.6 Å². The molecule has 0 spiro atoms. The molecule has 0 aliphatic heterocycles. The standard InChI is InChI=1S/C12H15Br2NO2/c1-12(7-13,8-14)15-11(17)6-9-4-2-3-5-10(9)16/h2-5,16H,6-8H2,1H3,(H,15,17). The maximum absolute atomic E-state index is 11.8. The molecule has 1 amide bonds. The predicted molar refractivity (Wildman–Crippen MR) is 75.9 cm³/mol. The van der Waals surface area contributed by atoms with Gasteiger partial charge in [0.1, 0.15) is 5.75 Å². The van der Waals surface area contributed by atoms with Gasteiger partial charge in [-0.1, -0.05) is 50.1 Å². The molecular formula is C12H15Br2NO2. The highest BCUT2D eigenvalue weighted by Crippen LogP contribution is 2.17. The number of rotatable bonds is 5. The maximum atomic E-state index is 11.8. The lowest BCUT2D eigenvalue weighted by Crippen LogP contribution is -2.49. The Bertz CT molecular complexity index is 392. The highest BCUT2D eigenvalue weighted by Gasteiger charge is 2.23. The highest BCUT2D eigenvalue weighted by molar-refractivity contribution is 9.09. The second-order valence-electron chi connectivity index (χ2n) is 4.18. The molecule has 0 saturated heterocycles. The van der Waals surface area contributed by atoms with Crippen molar-refractivity contribution in [1.29, 1.82) is 0 Å². The Kier molecular flexibility index (Phi) is 5.46. The molecule has 0 saturated carbocycles. The lowest BCUT2D eigenvalue weighted by Gasteiger charge is -2.26. The number of para-hydroxylation sites is 1. The molecule has 1 rings (SSSR count). The van der Waals surface area contributed by atoms with Gasteiger partial charge in [-0.15, -0.1) is 0 Å². The van der Waals surface area contributed by atoms with Crippen LogP contribution in [0.1, 0.15) is 12.5 Å². The van der Waals surface area contributed by atoms with Gasteiger partial charge >= 0.3 is 0 Å². The second kappa shape index (κ2) is 6.40. The number of hydrogen-bond donors (Lipinski definition) is 2. The van der Waals surface area contributed by atoms with E-state index in [0.29, 0.717) is 16.2 Å². The number of hydrogen-bond acceptors (Lipinski definition) is 2. The maximum Gasteiger partial charge on any atom is 0.225 e. The van der Waals surface area contributed by atoms with Gasteiger partial charge in [-0.2, -0.15) is 0 Å². The first-order chi connectivity index (χ1) is 8.00. The number of amides is 1. The van der Waals surface area contributed by atoms with Gasteiger partial charge in [0.25, 0.3) is 0 Å². The zero-order chi connectivity index (χ0) is 12.9. The predicted octanol–water partition coefficient (Wildman–Crippen LogP) is 2.60. The van der Waals surface area contributed by atoms with E-state index < -0.39 is 0 Å². The molecule has 0 bridgehead atoms. The molecule has 17 heavy (non-hydrogen) atoms. The first kappa shape index (κ1) is 14.5. The van der Waals surface area contributed by atoms with Gasteiger partial charge in [0.05, 0.1) is 12.0 Å². The fourth-order valence-electron chi connectivity index (χ4n) is 1.32. The molecule has 0 heterocycles. The molecule has 94 valence electrons. The molecule has 0 unspecified atom stereocenters. The van der Waals surface area contributed by atoms with Crippen molar-refractivity contribution in [3.05, 3.63) is 29.8 Å². The van der Waals surface area contributed by atoms with Crippen LogP contribution in [0.5, 0.6) is 5.75 Å². The molecule has 0 aliphatic carbocycles. The number of alkyl halides is 2. The summed E-state index contributed by atoms with van der Waals surface area (Å²) in [4.78, 5) is 11.8. The molecule has 0 radical (unpaired) electrons. The number of carbonyl (C=O) groups excluding carboxylic acids is 1. The fraction of sp³-hybridized carbons (Fsp3) is 0.417. The molecule has 0 aliphatic rings. The second-order valence-corrected chi connectivity index (χ2v) is 5.30. The molecule has 1 aromatic carbocycles. The molecule has 5 heteroatoms. The normalized spacial score (nSPS) is 11.2. The Morgan fingerprint density at radius 2 is 1.94 bits per heavy atom. The van der Waals surface area contributed by atoms with Crippen LogP contribution in [0.3, 0.4) is 0 Å². The monoisotopic (exact) mass is 363 g/mol. The third-order valence-electron chi connectivity index (χ3n) is 2.37. The molecule has 0 atom stereocenters. The lowest BCUT2D eigenvalue weighted by molar-refractivity contribution is -0.121. The topological polar surface area (TPSA) is 49.3 Å². The van der Waals surface area contributed by atoms with Crippen molar-refractivity contribution in [2.24, 2.45) is 0 Å².